The van der Waals surface area contributed by atoms with Crippen molar-refractivity contribution in [3.63, 3.8) is 0 Å². The first kappa shape index (κ1) is 16.4. The fourth-order valence-electron chi connectivity index (χ4n) is 5.29. The second-order valence-corrected chi connectivity index (χ2v) is 9.17. The molecular weight excluding hydrogens is 240 g/mol. The van der Waals surface area contributed by atoms with Crippen LogP contribution in [-0.4, -0.2) is 0 Å². The summed E-state index contributed by atoms with van der Waals surface area (Å²) < 4.78 is 0. The summed E-state index contributed by atoms with van der Waals surface area (Å²) in [5.74, 6) is 3.68. The SMILES string of the molecule is CC1CCC(C(C)C)(C2CCCC(C)(C(C)C)C2)CC1. The summed E-state index contributed by atoms with van der Waals surface area (Å²) in [6.07, 6.45) is 11.9. The van der Waals surface area contributed by atoms with E-state index in [-0.39, 0.29) is 0 Å². The molecule has 2 atom stereocenters. The molecule has 0 heterocycles. The van der Waals surface area contributed by atoms with Crippen molar-refractivity contribution >= 4 is 0 Å². The van der Waals surface area contributed by atoms with E-state index in [0.717, 1.165) is 23.7 Å². The fraction of sp³-hybridized carbons (Fsp3) is 1.00. The van der Waals surface area contributed by atoms with Gasteiger partial charge < -0.3 is 0 Å². The van der Waals surface area contributed by atoms with Gasteiger partial charge in [0.2, 0.25) is 0 Å². The van der Waals surface area contributed by atoms with Crippen molar-refractivity contribution in [3.05, 3.63) is 0 Å². The Bertz CT molecular complexity index is 306. The summed E-state index contributed by atoms with van der Waals surface area (Å²) in [5, 5.41) is 0. The lowest BCUT2D eigenvalue weighted by Crippen LogP contribution is -2.44. The highest BCUT2D eigenvalue weighted by atomic mass is 14.5. The highest BCUT2D eigenvalue weighted by molar-refractivity contribution is 4.97. The summed E-state index contributed by atoms with van der Waals surface area (Å²) in [7, 11) is 0. The van der Waals surface area contributed by atoms with Gasteiger partial charge in [0.15, 0.2) is 0 Å². The van der Waals surface area contributed by atoms with Gasteiger partial charge in [0.1, 0.15) is 0 Å². The molecule has 0 aromatic carbocycles. The lowest BCUT2D eigenvalue weighted by atomic mass is 9.51. The maximum absolute atomic E-state index is 2.57. The van der Waals surface area contributed by atoms with E-state index in [4.69, 9.17) is 0 Å². The van der Waals surface area contributed by atoms with Gasteiger partial charge in [-0.25, -0.2) is 0 Å². The minimum atomic E-state index is 0.605. The lowest BCUT2D eigenvalue weighted by Gasteiger charge is -2.54. The molecule has 0 aliphatic heterocycles. The summed E-state index contributed by atoms with van der Waals surface area (Å²) >= 11 is 0. The van der Waals surface area contributed by atoms with Crippen molar-refractivity contribution in [1.82, 2.24) is 0 Å². The van der Waals surface area contributed by atoms with Gasteiger partial charge >= 0.3 is 0 Å². The zero-order valence-corrected chi connectivity index (χ0v) is 15.0. The van der Waals surface area contributed by atoms with Crippen LogP contribution in [0.1, 0.15) is 92.9 Å². The molecule has 2 unspecified atom stereocenters. The molecule has 0 aromatic rings. The standard InChI is InChI=1S/C20H38/c1-15(2)19(6)11-7-8-18(14-19)20(16(3)4)12-9-17(5)10-13-20/h15-18H,7-14H2,1-6H3. The quantitative estimate of drug-likeness (QED) is 0.539. The summed E-state index contributed by atoms with van der Waals surface area (Å²) in [5.41, 5.74) is 1.27. The summed E-state index contributed by atoms with van der Waals surface area (Å²) in [4.78, 5) is 0. The average Bonchev–Trinajstić information content (AvgIpc) is 2.39. The van der Waals surface area contributed by atoms with E-state index in [1.165, 1.54) is 51.4 Å². The third-order valence-electron chi connectivity index (χ3n) is 7.58. The topological polar surface area (TPSA) is 0 Å². The second-order valence-electron chi connectivity index (χ2n) is 9.17. The fourth-order valence-corrected chi connectivity index (χ4v) is 5.29. The Labute approximate surface area is 128 Å². The molecule has 2 rings (SSSR count). The Kier molecular flexibility index (Phi) is 4.92. The molecule has 0 amide bonds. The maximum Gasteiger partial charge on any atom is -0.0246 e. The highest BCUT2D eigenvalue weighted by Gasteiger charge is 2.47. The Morgan fingerprint density at radius 1 is 0.850 bits per heavy atom. The molecule has 2 fully saturated rings. The minimum Gasteiger partial charge on any atom is -0.0625 e. The van der Waals surface area contributed by atoms with Crippen LogP contribution in [0.4, 0.5) is 0 Å². The molecule has 0 nitrogen and oxygen atoms in total. The molecule has 0 bridgehead atoms. The van der Waals surface area contributed by atoms with Crippen LogP contribution >= 0.6 is 0 Å². The zero-order chi connectivity index (χ0) is 15.0. The van der Waals surface area contributed by atoms with Gasteiger partial charge in [-0.2, -0.15) is 0 Å². The van der Waals surface area contributed by atoms with Crippen molar-refractivity contribution in [2.24, 2.45) is 34.5 Å². The highest BCUT2D eigenvalue weighted by Crippen LogP contribution is 2.57. The Hall–Kier alpha value is 0. The van der Waals surface area contributed by atoms with Crippen LogP contribution in [0, 0.1) is 34.5 Å². The molecule has 118 valence electrons. The van der Waals surface area contributed by atoms with Crippen molar-refractivity contribution in [2.45, 2.75) is 92.9 Å². The molecule has 20 heavy (non-hydrogen) atoms. The van der Waals surface area contributed by atoms with E-state index in [1.807, 2.05) is 0 Å². The molecule has 0 radical (unpaired) electrons. The van der Waals surface area contributed by atoms with Crippen LogP contribution in [0.25, 0.3) is 0 Å². The molecule has 0 saturated heterocycles. The van der Waals surface area contributed by atoms with Crippen LogP contribution < -0.4 is 0 Å². The molecule has 2 aliphatic rings. The van der Waals surface area contributed by atoms with Crippen LogP contribution in [0.5, 0.6) is 0 Å². The van der Waals surface area contributed by atoms with Crippen molar-refractivity contribution in [2.75, 3.05) is 0 Å². The maximum atomic E-state index is 2.57. The summed E-state index contributed by atoms with van der Waals surface area (Å²) in [6.45, 7) is 15.0. The third kappa shape index (κ3) is 2.95. The van der Waals surface area contributed by atoms with Crippen molar-refractivity contribution in [1.29, 1.82) is 0 Å². The van der Waals surface area contributed by atoms with Gasteiger partial charge in [0.05, 0.1) is 0 Å². The largest absolute Gasteiger partial charge is 0.0625 e. The average molecular weight is 279 g/mol. The predicted octanol–water partition coefficient (Wildman–Crippen LogP) is 6.69. The monoisotopic (exact) mass is 278 g/mol. The number of hydrogen-bond acceptors (Lipinski definition) is 0. The normalized spacial score (nSPS) is 43.2. The van der Waals surface area contributed by atoms with Crippen LogP contribution in [0.3, 0.4) is 0 Å². The van der Waals surface area contributed by atoms with E-state index in [1.54, 1.807) is 0 Å². The van der Waals surface area contributed by atoms with E-state index in [9.17, 15) is 0 Å². The molecule has 0 heteroatoms. The van der Waals surface area contributed by atoms with Crippen LogP contribution in [0.15, 0.2) is 0 Å². The Morgan fingerprint density at radius 3 is 1.95 bits per heavy atom. The molecular formula is C20H38. The second kappa shape index (κ2) is 6.01. The Balaban J connectivity index is 2.18. The van der Waals surface area contributed by atoms with Gasteiger partial charge in [-0.3, -0.25) is 0 Å². The molecule has 0 spiro atoms. The van der Waals surface area contributed by atoms with E-state index in [2.05, 4.69) is 41.5 Å². The summed E-state index contributed by atoms with van der Waals surface area (Å²) in [6, 6.07) is 0. The minimum absolute atomic E-state index is 0.605. The van der Waals surface area contributed by atoms with Crippen molar-refractivity contribution in [3.8, 4) is 0 Å². The Morgan fingerprint density at radius 2 is 1.45 bits per heavy atom. The molecule has 0 aromatic heterocycles. The third-order valence-corrected chi connectivity index (χ3v) is 7.58. The van der Waals surface area contributed by atoms with Gasteiger partial charge in [-0.1, -0.05) is 60.8 Å². The first-order valence-corrected chi connectivity index (χ1v) is 9.30. The van der Waals surface area contributed by atoms with Crippen LogP contribution in [0.2, 0.25) is 0 Å². The van der Waals surface area contributed by atoms with Gasteiger partial charge in [0, 0.05) is 0 Å². The van der Waals surface area contributed by atoms with Gasteiger partial charge in [-0.05, 0) is 66.6 Å². The van der Waals surface area contributed by atoms with E-state index >= 15 is 0 Å². The zero-order valence-electron chi connectivity index (χ0n) is 15.0. The molecule has 2 aliphatic carbocycles. The molecule has 2 saturated carbocycles. The number of rotatable bonds is 3. The van der Waals surface area contributed by atoms with Gasteiger partial charge in [-0.15, -0.1) is 0 Å². The first-order valence-electron chi connectivity index (χ1n) is 9.30. The molecule has 0 N–H and O–H groups in total. The smallest absolute Gasteiger partial charge is 0.0246 e. The number of hydrogen-bond donors (Lipinski definition) is 0. The van der Waals surface area contributed by atoms with Gasteiger partial charge in [0.25, 0.3) is 0 Å². The van der Waals surface area contributed by atoms with E-state index in [0.29, 0.717) is 10.8 Å². The predicted molar refractivity (Wildman–Crippen MR) is 89.8 cm³/mol. The first-order chi connectivity index (χ1) is 9.30. The lowest BCUT2D eigenvalue weighted by molar-refractivity contribution is -0.0354. The van der Waals surface area contributed by atoms with Crippen molar-refractivity contribution < 1.29 is 0 Å². The van der Waals surface area contributed by atoms with Crippen LogP contribution in [-0.2, 0) is 0 Å². The van der Waals surface area contributed by atoms with E-state index < -0.39 is 0 Å².